The fraction of sp³-hybridized carbons (Fsp3) is 0.417. The smallest absolute Gasteiger partial charge is 0.238 e. The molecule has 1 atom stereocenters. The fourth-order valence-corrected chi connectivity index (χ4v) is 2.75. The normalized spacial score (nSPS) is 17.9. The van der Waals surface area contributed by atoms with E-state index >= 15 is 0 Å². The number of aryl methyl sites for hydroxylation is 1. The van der Waals surface area contributed by atoms with Gasteiger partial charge in [0.25, 0.3) is 0 Å². The first-order valence-electron chi connectivity index (χ1n) is 6.03. The predicted molar refractivity (Wildman–Crippen MR) is 89.7 cm³/mol. The minimum absolute atomic E-state index is 0. The summed E-state index contributed by atoms with van der Waals surface area (Å²) in [6.45, 7) is 5.15. The molecule has 0 aliphatic carbocycles. The third kappa shape index (κ3) is 4.32. The topological polar surface area (TPSA) is 96.6 Å². The van der Waals surface area contributed by atoms with Crippen LogP contribution < -0.4 is 15.8 Å². The molecule has 2 rings (SSSR count). The molecule has 0 fully saturated rings. The van der Waals surface area contributed by atoms with Gasteiger partial charge in [-0.3, -0.25) is 4.99 Å². The number of hydrogen-bond donors (Lipinski definition) is 3. The summed E-state index contributed by atoms with van der Waals surface area (Å²) in [4.78, 5) is 4.46. The third-order valence-electron chi connectivity index (χ3n) is 2.91. The van der Waals surface area contributed by atoms with Crippen LogP contribution in [0.25, 0.3) is 0 Å². The molecule has 20 heavy (non-hydrogen) atoms. The Morgan fingerprint density at radius 1 is 1.50 bits per heavy atom. The van der Waals surface area contributed by atoms with Crippen molar-refractivity contribution in [1.29, 1.82) is 0 Å². The van der Waals surface area contributed by atoms with Crippen LogP contribution in [0.2, 0.25) is 0 Å². The third-order valence-corrected chi connectivity index (χ3v) is 3.98. The Hall–Kier alpha value is -0.870. The first-order valence-corrected chi connectivity index (χ1v) is 7.58. The van der Waals surface area contributed by atoms with Crippen molar-refractivity contribution in [3.63, 3.8) is 0 Å². The zero-order valence-corrected chi connectivity index (χ0v) is 14.5. The summed E-state index contributed by atoms with van der Waals surface area (Å²) >= 11 is 0. The maximum Gasteiger partial charge on any atom is 0.238 e. The van der Waals surface area contributed by atoms with Crippen LogP contribution in [-0.4, -0.2) is 27.0 Å². The van der Waals surface area contributed by atoms with Crippen LogP contribution in [0.4, 0.5) is 0 Å². The average molecular weight is 410 g/mol. The Labute approximate surface area is 136 Å². The molecule has 0 spiro atoms. The van der Waals surface area contributed by atoms with Crippen LogP contribution in [0.5, 0.6) is 0 Å². The van der Waals surface area contributed by atoms with Gasteiger partial charge in [-0.2, -0.15) is 0 Å². The molecule has 0 radical (unpaired) electrons. The molecule has 0 saturated carbocycles. The van der Waals surface area contributed by atoms with E-state index in [2.05, 4.69) is 22.5 Å². The highest BCUT2D eigenvalue weighted by atomic mass is 127. The number of guanidine groups is 1. The molecule has 1 unspecified atom stereocenters. The quantitative estimate of drug-likeness (QED) is 0.640. The van der Waals surface area contributed by atoms with E-state index in [4.69, 9.17) is 5.14 Å². The van der Waals surface area contributed by atoms with Crippen molar-refractivity contribution in [2.45, 2.75) is 31.3 Å². The van der Waals surface area contributed by atoms with E-state index in [-0.39, 0.29) is 28.9 Å². The van der Waals surface area contributed by atoms with Gasteiger partial charge in [0, 0.05) is 12.6 Å². The van der Waals surface area contributed by atoms with Crippen LogP contribution in [0.1, 0.15) is 18.1 Å². The lowest BCUT2D eigenvalue weighted by molar-refractivity contribution is 0.597. The summed E-state index contributed by atoms with van der Waals surface area (Å²) in [7, 11) is -3.64. The second-order valence-corrected chi connectivity index (χ2v) is 6.26. The number of aliphatic imine (C=N–C) groups is 1. The molecular weight excluding hydrogens is 391 g/mol. The van der Waals surface area contributed by atoms with Crippen molar-refractivity contribution in [3.8, 4) is 0 Å². The summed E-state index contributed by atoms with van der Waals surface area (Å²) in [5.74, 6) is 0.778. The molecule has 1 aliphatic rings. The minimum atomic E-state index is -3.64. The predicted octanol–water partition coefficient (Wildman–Crippen LogP) is 0.698. The van der Waals surface area contributed by atoms with Gasteiger partial charge in [0.15, 0.2) is 5.96 Å². The molecule has 0 amide bonds. The van der Waals surface area contributed by atoms with E-state index in [0.29, 0.717) is 18.2 Å². The second kappa shape index (κ2) is 6.72. The minimum Gasteiger partial charge on any atom is -0.352 e. The van der Waals surface area contributed by atoms with Gasteiger partial charge < -0.3 is 10.6 Å². The molecule has 6 nitrogen and oxygen atoms in total. The molecule has 4 N–H and O–H groups in total. The van der Waals surface area contributed by atoms with E-state index in [1.165, 1.54) is 6.07 Å². The van der Waals surface area contributed by atoms with Gasteiger partial charge in [-0.15, -0.1) is 24.0 Å². The average Bonchev–Trinajstić information content (AvgIpc) is 2.71. The van der Waals surface area contributed by atoms with E-state index in [1.807, 2.05) is 6.07 Å². The Morgan fingerprint density at radius 3 is 2.70 bits per heavy atom. The summed E-state index contributed by atoms with van der Waals surface area (Å²) in [5, 5.41) is 11.5. The van der Waals surface area contributed by atoms with Gasteiger partial charge >= 0.3 is 0 Å². The summed E-state index contributed by atoms with van der Waals surface area (Å²) < 4.78 is 22.6. The number of nitrogens with two attached hydrogens (primary N) is 1. The van der Waals surface area contributed by atoms with Gasteiger partial charge in [-0.25, -0.2) is 13.6 Å². The van der Waals surface area contributed by atoms with Gasteiger partial charge in [0.2, 0.25) is 10.0 Å². The monoisotopic (exact) mass is 410 g/mol. The highest BCUT2D eigenvalue weighted by Crippen LogP contribution is 2.15. The maximum absolute atomic E-state index is 11.3. The van der Waals surface area contributed by atoms with Crippen LogP contribution in [0.15, 0.2) is 28.1 Å². The SMILES string of the molecule is Cc1cc(CNC2=NCC(C)N2)ccc1S(N)(=O)=O.I. The summed E-state index contributed by atoms with van der Waals surface area (Å²) in [6.07, 6.45) is 0. The molecule has 1 aliphatic heterocycles. The van der Waals surface area contributed by atoms with Crippen molar-refractivity contribution >= 4 is 40.0 Å². The van der Waals surface area contributed by atoms with Crippen LogP contribution in [-0.2, 0) is 16.6 Å². The van der Waals surface area contributed by atoms with Gasteiger partial charge in [0.05, 0.1) is 11.4 Å². The van der Waals surface area contributed by atoms with E-state index < -0.39 is 10.0 Å². The highest BCUT2D eigenvalue weighted by Gasteiger charge is 2.13. The number of sulfonamides is 1. The zero-order chi connectivity index (χ0) is 14.0. The number of rotatable bonds is 3. The first-order chi connectivity index (χ1) is 8.86. The number of hydrogen-bond acceptors (Lipinski definition) is 5. The van der Waals surface area contributed by atoms with Gasteiger partial charge in [-0.05, 0) is 31.0 Å². The van der Waals surface area contributed by atoms with Crippen molar-refractivity contribution in [2.24, 2.45) is 10.1 Å². The number of nitrogens with one attached hydrogen (secondary N) is 2. The first kappa shape index (κ1) is 17.2. The molecule has 8 heteroatoms. The Morgan fingerprint density at radius 2 is 2.20 bits per heavy atom. The summed E-state index contributed by atoms with van der Waals surface area (Å²) in [5.41, 5.74) is 1.63. The van der Waals surface area contributed by atoms with Crippen molar-refractivity contribution in [1.82, 2.24) is 10.6 Å². The Kier molecular flexibility index (Phi) is 5.78. The molecule has 1 aromatic rings. The van der Waals surface area contributed by atoms with Gasteiger partial charge in [0.1, 0.15) is 0 Å². The Balaban J connectivity index is 0.00000200. The fourth-order valence-electron chi connectivity index (χ4n) is 1.99. The number of primary sulfonamides is 1. The number of nitrogens with zero attached hydrogens (tertiary/aromatic N) is 1. The lowest BCUT2D eigenvalue weighted by Crippen LogP contribution is -2.37. The maximum atomic E-state index is 11.3. The summed E-state index contributed by atoms with van der Waals surface area (Å²) in [6, 6.07) is 5.45. The van der Waals surface area contributed by atoms with E-state index in [9.17, 15) is 8.42 Å². The molecule has 1 aromatic carbocycles. The molecule has 0 aromatic heterocycles. The molecule has 112 valence electrons. The van der Waals surface area contributed by atoms with Gasteiger partial charge in [-0.1, -0.05) is 12.1 Å². The van der Waals surface area contributed by atoms with Crippen LogP contribution >= 0.6 is 24.0 Å². The standard InChI is InChI=1S/C12H18N4O2S.HI/c1-8-5-10(3-4-11(8)19(13,17)18)7-15-12-14-6-9(2)16-12;/h3-5,9H,6-7H2,1-2H3,(H2,13,17,18)(H2,14,15,16);1H. The largest absolute Gasteiger partial charge is 0.352 e. The van der Waals surface area contributed by atoms with E-state index in [0.717, 1.165) is 18.1 Å². The lowest BCUT2D eigenvalue weighted by atomic mass is 10.1. The molecule has 0 saturated heterocycles. The molecule has 0 bridgehead atoms. The highest BCUT2D eigenvalue weighted by molar-refractivity contribution is 14.0. The van der Waals surface area contributed by atoms with Crippen molar-refractivity contribution in [3.05, 3.63) is 29.3 Å². The van der Waals surface area contributed by atoms with Crippen LogP contribution in [0.3, 0.4) is 0 Å². The number of benzene rings is 1. The van der Waals surface area contributed by atoms with Crippen molar-refractivity contribution in [2.75, 3.05) is 6.54 Å². The zero-order valence-electron chi connectivity index (χ0n) is 11.4. The molecule has 1 heterocycles. The Bertz CT molecular complexity index is 616. The van der Waals surface area contributed by atoms with Crippen LogP contribution in [0, 0.1) is 6.92 Å². The lowest BCUT2D eigenvalue weighted by Gasteiger charge is -2.10. The molecular formula is C12H19IN4O2S. The van der Waals surface area contributed by atoms with Crippen molar-refractivity contribution < 1.29 is 8.42 Å². The van der Waals surface area contributed by atoms with E-state index in [1.54, 1.807) is 13.0 Å². The second-order valence-electron chi connectivity index (χ2n) is 4.73. The number of halogens is 1.